The van der Waals surface area contributed by atoms with Gasteiger partial charge >= 0.3 is 0 Å². The predicted molar refractivity (Wildman–Crippen MR) is 77.5 cm³/mol. The lowest BCUT2D eigenvalue weighted by Crippen LogP contribution is -2.32. The van der Waals surface area contributed by atoms with E-state index in [-0.39, 0.29) is 5.41 Å². The van der Waals surface area contributed by atoms with Gasteiger partial charge in [-0.25, -0.2) is 0 Å². The van der Waals surface area contributed by atoms with Crippen LogP contribution in [0.5, 0.6) is 0 Å². The largest absolute Gasteiger partial charge is 0.371 e. The summed E-state index contributed by atoms with van der Waals surface area (Å²) in [6.45, 7) is 3.10. The molecule has 1 saturated carbocycles. The van der Waals surface area contributed by atoms with Crippen LogP contribution in [-0.4, -0.2) is 19.6 Å². The van der Waals surface area contributed by atoms with Gasteiger partial charge in [0.15, 0.2) is 0 Å². The van der Waals surface area contributed by atoms with Crippen molar-refractivity contribution >= 4 is 17.3 Å². The molecule has 0 radical (unpaired) electrons. The van der Waals surface area contributed by atoms with Gasteiger partial charge in [0.2, 0.25) is 0 Å². The SMILES string of the molecule is NCC1(c2cc(Cl)ccc2N2CCCCC2)CC1. The quantitative estimate of drug-likeness (QED) is 0.908. The molecule has 0 unspecified atom stereocenters. The van der Waals surface area contributed by atoms with Crippen molar-refractivity contribution in [2.45, 2.75) is 37.5 Å². The maximum atomic E-state index is 6.19. The van der Waals surface area contributed by atoms with Crippen molar-refractivity contribution < 1.29 is 0 Å². The summed E-state index contributed by atoms with van der Waals surface area (Å²) in [5.41, 5.74) is 8.97. The van der Waals surface area contributed by atoms with E-state index in [4.69, 9.17) is 17.3 Å². The number of halogens is 1. The van der Waals surface area contributed by atoms with Crippen molar-refractivity contribution in [3.8, 4) is 0 Å². The number of nitrogens with two attached hydrogens (primary N) is 1. The Morgan fingerprint density at radius 2 is 1.89 bits per heavy atom. The van der Waals surface area contributed by atoms with Crippen molar-refractivity contribution in [1.29, 1.82) is 0 Å². The van der Waals surface area contributed by atoms with Crippen LogP contribution in [0.2, 0.25) is 5.02 Å². The smallest absolute Gasteiger partial charge is 0.0410 e. The molecule has 98 valence electrons. The molecule has 1 aliphatic heterocycles. The summed E-state index contributed by atoms with van der Waals surface area (Å²) in [7, 11) is 0. The second-order valence-electron chi connectivity index (χ2n) is 5.69. The first-order chi connectivity index (χ1) is 8.75. The maximum Gasteiger partial charge on any atom is 0.0410 e. The minimum absolute atomic E-state index is 0.220. The number of nitrogens with zero attached hydrogens (tertiary/aromatic N) is 1. The zero-order chi connectivity index (χ0) is 12.6. The Hall–Kier alpha value is -0.730. The van der Waals surface area contributed by atoms with Crippen LogP contribution in [0.4, 0.5) is 5.69 Å². The van der Waals surface area contributed by atoms with Crippen molar-refractivity contribution in [3.63, 3.8) is 0 Å². The topological polar surface area (TPSA) is 29.3 Å². The number of anilines is 1. The van der Waals surface area contributed by atoms with E-state index >= 15 is 0 Å². The van der Waals surface area contributed by atoms with Crippen LogP contribution >= 0.6 is 11.6 Å². The summed E-state index contributed by atoms with van der Waals surface area (Å²) in [6, 6.07) is 6.35. The minimum atomic E-state index is 0.220. The Labute approximate surface area is 114 Å². The number of piperidine rings is 1. The lowest BCUT2D eigenvalue weighted by Gasteiger charge is -2.32. The monoisotopic (exact) mass is 264 g/mol. The molecule has 18 heavy (non-hydrogen) atoms. The molecule has 1 aromatic carbocycles. The van der Waals surface area contributed by atoms with E-state index in [1.54, 1.807) is 0 Å². The lowest BCUT2D eigenvalue weighted by atomic mass is 9.93. The van der Waals surface area contributed by atoms with Gasteiger partial charge in [-0.15, -0.1) is 0 Å². The average molecular weight is 265 g/mol. The van der Waals surface area contributed by atoms with Crippen LogP contribution in [0.3, 0.4) is 0 Å². The van der Waals surface area contributed by atoms with Gasteiger partial charge in [0.25, 0.3) is 0 Å². The summed E-state index contributed by atoms with van der Waals surface area (Å²) in [5.74, 6) is 0. The zero-order valence-electron chi connectivity index (χ0n) is 10.8. The van der Waals surface area contributed by atoms with Gasteiger partial charge in [-0.2, -0.15) is 0 Å². The van der Waals surface area contributed by atoms with Crippen LogP contribution in [0.1, 0.15) is 37.7 Å². The molecule has 1 aliphatic carbocycles. The van der Waals surface area contributed by atoms with Gasteiger partial charge in [0, 0.05) is 35.8 Å². The van der Waals surface area contributed by atoms with Gasteiger partial charge in [0.1, 0.15) is 0 Å². The predicted octanol–water partition coefficient (Wildman–Crippen LogP) is 3.32. The first-order valence-electron chi connectivity index (χ1n) is 7.00. The number of hydrogen-bond acceptors (Lipinski definition) is 2. The molecule has 0 aromatic heterocycles. The second-order valence-corrected chi connectivity index (χ2v) is 6.13. The molecule has 1 aromatic rings. The van der Waals surface area contributed by atoms with E-state index in [1.807, 2.05) is 6.07 Å². The molecule has 0 amide bonds. The van der Waals surface area contributed by atoms with Crippen LogP contribution < -0.4 is 10.6 Å². The molecule has 2 aliphatic rings. The van der Waals surface area contributed by atoms with Gasteiger partial charge in [0.05, 0.1) is 0 Å². The first kappa shape index (κ1) is 12.3. The van der Waals surface area contributed by atoms with Gasteiger partial charge < -0.3 is 10.6 Å². The van der Waals surface area contributed by atoms with E-state index in [2.05, 4.69) is 17.0 Å². The van der Waals surface area contributed by atoms with Crippen LogP contribution in [0.25, 0.3) is 0 Å². The standard InChI is InChI=1S/C15H21ClN2/c16-12-4-5-14(18-8-2-1-3-9-18)13(10-12)15(11-17)6-7-15/h4-5,10H,1-3,6-9,11,17H2. The van der Waals surface area contributed by atoms with Crippen molar-refractivity contribution in [3.05, 3.63) is 28.8 Å². The molecule has 2 N–H and O–H groups in total. The van der Waals surface area contributed by atoms with Crippen LogP contribution in [0, 0.1) is 0 Å². The number of hydrogen-bond donors (Lipinski definition) is 1. The Kier molecular flexibility index (Phi) is 3.25. The van der Waals surface area contributed by atoms with Gasteiger partial charge in [-0.3, -0.25) is 0 Å². The number of benzene rings is 1. The third-order valence-corrected chi connectivity index (χ3v) is 4.71. The summed E-state index contributed by atoms with van der Waals surface area (Å²) in [5, 5.41) is 0.838. The molecule has 2 nitrogen and oxygen atoms in total. The lowest BCUT2D eigenvalue weighted by molar-refractivity contribution is 0.572. The fraction of sp³-hybridized carbons (Fsp3) is 0.600. The Morgan fingerprint density at radius 1 is 1.17 bits per heavy atom. The Balaban J connectivity index is 1.97. The molecule has 2 fully saturated rings. The summed E-state index contributed by atoms with van der Waals surface area (Å²) in [6.07, 6.45) is 6.40. The molecule has 0 bridgehead atoms. The summed E-state index contributed by atoms with van der Waals surface area (Å²) >= 11 is 6.19. The van der Waals surface area contributed by atoms with Gasteiger partial charge in [-0.1, -0.05) is 11.6 Å². The van der Waals surface area contributed by atoms with Crippen LogP contribution in [0.15, 0.2) is 18.2 Å². The second kappa shape index (κ2) is 4.75. The highest BCUT2D eigenvalue weighted by molar-refractivity contribution is 6.30. The molecule has 1 saturated heterocycles. The molecule has 1 heterocycles. The molecular weight excluding hydrogens is 244 g/mol. The van der Waals surface area contributed by atoms with E-state index in [9.17, 15) is 0 Å². The normalized spacial score (nSPS) is 22.0. The van der Waals surface area contributed by atoms with Gasteiger partial charge in [-0.05, 0) is 55.9 Å². The van der Waals surface area contributed by atoms with Crippen molar-refractivity contribution in [2.24, 2.45) is 5.73 Å². The van der Waals surface area contributed by atoms with Crippen molar-refractivity contribution in [1.82, 2.24) is 0 Å². The fourth-order valence-electron chi connectivity index (χ4n) is 3.08. The highest BCUT2D eigenvalue weighted by Crippen LogP contribution is 2.51. The highest BCUT2D eigenvalue weighted by Gasteiger charge is 2.45. The van der Waals surface area contributed by atoms with E-state index in [0.717, 1.165) is 11.6 Å². The maximum absolute atomic E-state index is 6.19. The van der Waals surface area contributed by atoms with Crippen molar-refractivity contribution in [2.75, 3.05) is 24.5 Å². The van der Waals surface area contributed by atoms with E-state index < -0.39 is 0 Å². The Morgan fingerprint density at radius 3 is 2.50 bits per heavy atom. The van der Waals surface area contributed by atoms with E-state index in [0.29, 0.717) is 0 Å². The number of rotatable bonds is 3. The molecular formula is C15H21ClN2. The first-order valence-corrected chi connectivity index (χ1v) is 7.38. The third-order valence-electron chi connectivity index (χ3n) is 4.47. The van der Waals surface area contributed by atoms with Crippen LogP contribution in [-0.2, 0) is 5.41 Å². The summed E-state index contributed by atoms with van der Waals surface area (Å²) in [4.78, 5) is 2.52. The van der Waals surface area contributed by atoms with E-state index in [1.165, 1.54) is 56.4 Å². The molecule has 3 heteroatoms. The highest BCUT2D eigenvalue weighted by atomic mass is 35.5. The fourth-order valence-corrected chi connectivity index (χ4v) is 3.25. The molecule has 0 spiro atoms. The summed E-state index contributed by atoms with van der Waals surface area (Å²) < 4.78 is 0. The molecule has 3 rings (SSSR count). The minimum Gasteiger partial charge on any atom is -0.371 e. The molecule has 0 atom stereocenters. The zero-order valence-corrected chi connectivity index (χ0v) is 11.5. The Bertz CT molecular complexity index is 434. The third kappa shape index (κ3) is 2.12. The average Bonchev–Trinajstić information content (AvgIpc) is 3.21.